The van der Waals surface area contributed by atoms with Gasteiger partial charge in [-0.25, -0.2) is 9.97 Å². The van der Waals surface area contributed by atoms with E-state index in [0.717, 1.165) is 37.0 Å². The number of likely N-dealkylation sites (N-methyl/N-ethyl adjacent to an activating group) is 1. The minimum atomic E-state index is 0.382. The lowest BCUT2D eigenvalue weighted by Crippen LogP contribution is -2.33. The molecule has 1 fully saturated rings. The van der Waals surface area contributed by atoms with Crippen LogP contribution in [-0.2, 0) is 11.3 Å². The highest BCUT2D eigenvalue weighted by Crippen LogP contribution is 2.17. The minimum absolute atomic E-state index is 0.382. The van der Waals surface area contributed by atoms with E-state index in [4.69, 9.17) is 10.5 Å². The molecule has 5 heteroatoms. The normalized spacial score (nSPS) is 20.1. The lowest BCUT2D eigenvalue weighted by atomic mass is 10.2. The molecule has 88 valence electrons. The van der Waals surface area contributed by atoms with Crippen molar-refractivity contribution < 1.29 is 4.74 Å². The third kappa shape index (κ3) is 2.31. The van der Waals surface area contributed by atoms with Gasteiger partial charge < -0.3 is 15.4 Å². The van der Waals surface area contributed by atoms with Crippen molar-refractivity contribution in [2.75, 3.05) is 25.2 Å². The highest BCUT2D eigenvalue weighted by molar-refractivity contribution is 5.33. The first kappa shape index (κ1) is 11.3. The fraction of sp³-hybridized carbons (Fsp3) is 0.636. The molecule has 2 heterocycles. The lowest BCUT2D eigenvalue weighted by Gasteiger charge is -2.23. The van der Waals surface area contributed by atoms with Crippen LogP contribution in [0, 0.1) is 6.92 Å². The number of rotatable bonds is 3. The van der Waals surface area contributed by atoms with E-state index in [1.807, 2.05) is 20.0 Å². The Morgan fingerprint density at radius 3 is 3.00 bits per heavy atom. The summed E-state index contributed by atoms with van der Waals surface area (Å²) in [5.41, 5.74) is 7.45. The molecule has 2 N–H and O–H groups in total. The van der Waals surface area contributed by atoms with E-state index in [9.17, 15) is 0 Å². The number of nitrogens with zero attached hydrogens (tertiary/aromatic N) is 3. The van der Waals surface area contributed by atoms with Gasteiger partial charge in [0, 0.05) is 25.9 Å². The number of hydrogen-bond donors (Lipinski definition) is 1. The number of hydrogen-bond acceptors (Lipinski definition) is 5. The molecule has 0 spiro atoms. The molecule has 1 aliphatic heterocycles. The predicted octanol–water partition coefficient (Wildman–Crippen LogP) is 0.469. The smallest absolute Gasteiger partial charge is 0.225 e. The minimum Gasteiger partial charge on any atom is -0.379 e. The van der Waals surface area contributed by atoms with Crippen molar-refractivity contribution in [3.05, 3.63) is 17.5 Å². The molecule has 0 aromatic carbocycles. The number of ether oxygens (including phenoxy) is 1. The zero-order valence-electron chi connectivity index (χ0n) is 9.81. The number of anilines is 1. The molecule has 5 nitrogen and oxygen atoms in total. The van der Waals surface area contributed by atoms with Gasteiger partial charge in [0.1, 0.15) is 0 Å². The van der Waals surface area contributed by atoms with E-state index in [2.05, 4.69) is 14.9 Å². The van der Waals surface area contributed by atoms with Crippen molar-refractivity contribution in [2.24, 2.45) is 5.73 Å². The summed E-state index contributed by atoms with van der Waals surface area (Å²) in [7, 11) is 2.01. The first-order valence-electron chi connectivity index (χ1n) is 5.56. The van der Waals surface area contributed by atoms with Crippen molar-refractivity contribution in [2.45, 2.75) is 25.9 Å². The molecule has 1 aromatic rings. The van der Waals surface area contributed by atoms with Gasteiger partial charge in [0.25, 0.3) is 0 Å². The first-order valence-corrected chi connectivity index (χ1v) is 5.56. The molecule has 16 heavy (non-hydrogen) atoms. The molecule has 1 aliphatic rings. The second-order valence-electron chi connectivity index (χ2n) is 4.13. The topological polar surface area (TPSA) is 64.3 Å². The molecule has 1 unspecified atom stereocenters. The average molecular weight is 222 g/mol. The van der Waals surface area contributed by atoms with Gasteiger partial charge in [0.15, 0.2) is 0 Å². The van der Waals surface area contributed by atoms with Crippen molar-refractivity contribution in [3.63, 3.8) is 0 Å². The maximum Gasteiger partial charge on any atom is 0.225 e. The van der Waals surface area contributed by atoms with Crippen LogP contribution < -0.4 is 10.6 Å². The van der Waals surface area contributed by atoms with E-state index in [1.165, 1.54) is 0 Å². The summed E-state index contributed by atoms with van der Waals surface area (Å²) in [5.74, 6) is 0.746. The third-order valence-electron chi connectivity index (χ3n) is 2.87. The molecule has 2 rings (SSSR count). The molecular weight excluding hydrogens is 204 g/mol. The Morgan fingerprint density at radius 2 is 2.38 bits per heavy atom. The van der Waals surface area contributed by atoms with Crippen molar-refractivity contribution >= 4 is 5.95 Å². The standard InChI is InChI=1S/C11H18N4O/c1-8-5-9(6-12)14-11(13-8)15(2)10-3-4-16-7-10/h5,10H,3-4,6-7,12H2,1-2H3. The van der Waals surface area contributed by atoms with E-state index < -0.39 is 0 Å². The summed E-state index contributed by atoms with van der Waals surface area (Å²) in [6.07, 6.45) is 1.03. The maximum absolute atomic E-state index is 5.61. The van der Waals surface area contributed by atoms with Gasteiger partial charge in [-0.1, -0.05) is 0 Å². The van der Waals surface area contributed by atoms with Gasteiger partial charge in [-0.15, -0.1) is 0 Å². The fourth-order valence-electron chi connectivity index (χ4n) is 1.87. The highest BCUT2D eigenvalue weighted by atomic mass is 16.5. The second-order valence-corrected chi connectivity index (χ2v) is 4.13. The lowest BCUT2D eigenvalue weighted by molar-refractivity contribution is 0.193. The Bertz CT molecular complexity index is 363. The molecule has 0 aliphatic carbocycles. The summed E-state index contributed by atoms with van der Waals surface area (Å²) in [6.45, 7) is 3.99. The Hall–Kier alpha value is -1.20. The van der Waals surface area contributed by atoms with Gasteiger partial charge in [0.05, 0.1) is 18.3 Å². The van der Waals surface area contributed by atoms with Gasteiger partial charge in [-0.05, 0) is 19.4 Å². The molecule has 0 amide bonds. The van der Waals surface area contributed by atoms with Crippen LogP contribution in [0.2, 0.25) is 0 Å². The molecule has 1 aromatic heterocycles. The van der Waals surface area contributed by atoms with Gasteiger partial charge in [0.2, 0.25) is 5.95 Å². The van der Waals surface area contributed by atoms with Crippen LogP contribution >= 0.6 is 0 Å². The van der Waals surface area contributed by atoms with Gasteiger partial charge in [-0.2, -0.15) is 0 Å². The largest absolute Gasteiger partial charge is 0.379 e. The molecular formula is C11H18N4O. The SMILES string of the molecule is Cc1cc(CN)nc(N(C)C2CCOC2)n1. The monoisotopic (exact) mass is 222 g/mol. The third-order valence-corrected chi connectivity index (χ3v) is 2.87. The van der Waals surface area contributed by atoms with E-state index in [-0.39, 0.29) is 0 Å². The number of aryl methyl sites for hydroxylation is 1. The molecule has 1 saturated heterocycles. The van der Waals surface area contributed by atoms with Crippen LogP contribution in [0.3, 0.4) is 0 Å². The molecule has 0 saturated carbocycles. The Morgan fingerprint density at radius 1 is 1.56 bits per heavy atom. The first-order chi connectivity index (χ1) is 7.70. The summed E-state index contributed by atoms with van der Waals surface area (Å²) in [4.78, 5) is 10.9. The zero-order chi connectivity index (χ0) is 11.5. The average Bonchev–Trinajstić information content (AvgIpc) is 2.80. The Balaban J connectivity index is 2.21. The Labute approximate surface area is 95.6 Å². The second kappa shape index (κ2) is 4.76. The maximum atomic E-state index is 5.61. The highest BCUT2D eigenvalue weighted by Gasteiger charge is 2.22. The fourth-order valence-corrected chi connectivity index (χ4v) is 1.87. The summed E-state index contributed by atoms with van der Waals surface area (Å²) < 4.78 is 5.36. The van der Waals surface area contributed by atoms with Crippen molar-refractivity contribution in [1.29, 1.82) is 0 Å². The Kier molecular flexibility index (Phi) is 3.36. The predicted molar refractivity (Wildman–Crippen MR) is 62.3 cm³/mol. The van der Waals surface area contributed by atoms with Crippen LogP contribution in [0.4, 0.5) is 5.95 Å². The molecule has 1 atom stereocenters. The van der Waals surface area contributed by atoms with E-state index in [1.54, 1.807) is 0 Å². The summed E-state index contributed by atoms with van der Waals surface area (Å²) in [5, 5.41) is 0. The van der Waals surface area contributed by atoms with Crippen molar-refractivity contribution in [1.82, 2.24) is 9.97 Å². The van der Waals surface area contributed by atoms with Crippen LogP contribution in [0.15, 0.2) is 6.07 Å². The van der Waals surface area contributed by atoms with E-state index >= 15 is 0 Å². The summed E-state index contributed by atoms with van der Waals surface area (Å²) in [6, 6.07) is 2.30. The molecule has 0 radical (unpaired) electrons. The number of aromatic nitrogens is 2. The van der Waals surface area contributed by atoms with Gasteiger partial charge >= 0.3 is 0 Å². The van der Waals surface area contributed by atoms with Gasteiger partial charge in [-0.3, -0.25) is 0 Å². The zero-order valence-corrected chi connectivity index (χ0v) is 9.81. The summed E-state index contributed by atoms with van der Waals surface area (Å²) >= 11 is 0. The van der Waals surface area contributed by atoms with Crippen LogP contribution in [-0.4, -0.2) is 36.3 Å². The van der Waals surface area contributed by atoms with Crippen LogP contribution in [0.25, 0.3) is 0 Å². The van der Waals surface area contributed by atoms with E-state index in [0.29, 0.717) is 12.6 Å². The number of nitrogens with two attached hydrogens (primary N) is 1. The van der Waals surface area contributed by atoms with Crippen LogP contribution in [0.1, 0.15) is 17.8 Å². The van der Waals surface area contributed by atoms with Crippen molar-refractivity contribution in [3.8, 4) is 0 Å². The quantitative estimate of drug-likeness (QED) is 0.805. The molecule has 0 bridgehead atoms. The van der Waals surface area contributed by atoms with Crippen LogP contribution in [0.5, 0.6) is 0 Å².